The Morgan fingerprint density at radius 1 is 1.65 bits per heavy atom. The molecule has 0 spiro atoms. The van der Waals surface area contributed by atoms with Gasteiger partial charge in [0.25, 0.3) is 0 Å². The van der Waals surface area contributed by atoms with E-state index in [1.165, 1.54) is 6.33 Å². The number of amides is 1. The van der Waals surface area contributed by atoms with E-state index in [1.54, 1.807) is 12.3 Å². The van der Waals surface area contributed by atoms with Crippen LogP contribution in [0.2, 0.25) is 0 Å². The molecule has 2 rings (SSSR count). The third-order valence-corrected chi connectivity index (χ3v) is 3.07. The molecule has 2 atom stereocenters. The third-order valence-electron chi connectivity index (χ3n) is 3.07. The van der Waals surface area contributed by atoms with Crippen LogP contribution in [0, 0.1) is 5.92 Å². The maximum Gasteiger partial charge on any atom is 0.237 e. The molecule has 0 aromatic carbocycles. The molecule has 1 aromatic rings. The topological polar surface area (TPSA) is 66.9 Å². The Morgan fingerprint density at radius 3 is 3.24 bits per heavy atom. The van der Waals surface area contributed by atoms with Gasteiger partial charge in [-0.05, 0) is 31.4 Å². The second-order valence-corrected chi connectivity index (χ2v) is 4.55. The average Bonchev–Trinajstić information content (AvgIpc) is 2.37. The number of hydrogen-bond donors (Lipinski definition) is 2. The van der Waals surface area contributed by atoms with Crippen molar-refractivity contribution in [2.45, 2.75) is 32.4 Å². The van der Waals surface area contributed by atoms with Crippen molar-refractivity contribution in [3.05, 3.63) is 24.3 Å². The molecule has 92 valence electrons. The number of nitrogens with zero attached hydrogens (tertiary/aromatic N) is 2. The van der Waals surface area contributed by atoms with Gasteiger partial charge in [-0.15, -0.1) is 0 Å². The highest BCUT2D eigenvalue weighted by molar-refractivity contribution is 5.81. The molecular formula is C12H18N4O. The summed E-state index contributed by atoms with van der Waals surface area (Å²) < 4.78 is 0. The van der Waals surface area contributed by atoms with Crippen molar-refractivity contribution < 1.29 is 4.79 Å². The van der Waals surface area contributed by atoms with Gasteiger partial charge in [-0.3, -0.25) is 4.79 Å². The van der Waals surface area contributed by atoms with Crippen LogP contribution in [0.15, 0.2) is 18.6 Å². The van der Waals surface area contributed by atoms with E-state index in [4.69, 9.17) is 0 Å². The second kappa shape index (κ2) is 5.72. The quantitative estimate of drug-likeness (QED) is 0.798. The highest BCUT2D eigenvalue weighted by Crippen LogP contribution is 2.14. The van der Waals surface area contributed by atoms with Crippen molar-refractivity contribution in [1.29, 1.82) is 0 Å². The first-order valence-corrected chi connectivity index (χ1v) is 6.01. The van der Waals surface area contributed by atoms with Gasteiger partial charge in [0.1, 0.15) is 6.33 Å². The van der Waals surface area contributed by atoms with Crippen LogP contribution in [0.25, 0.3) is 0 Å². The second-order valence-electron chi connectivity index (χ2n) is 4.55. The summed E-state index contributed by atoms with van der Waals surface area (Å²) in [5.74, 6) is 0.682. The summed E-state index contributed by atoms with van der Waals surface area (Å²) in [5, 5.41) is 6.14. The predicted octanol–water partition coefficient (Wildman–Crippen LogP) is 0.481. The van der Waals surface area contributed by atoms with Crippen LogP contribution in [0.3, 0.4) is 0 Å². The fourth-order valence-electron chi connectivity index (χ4n) is 2.03. The van der Waals surface area contributed by atoms with Gasteiger partial charge in [0.05, 0.1) is 18.3 Å². The molecule has 1 aliphatic rings. The highest BCUT2D eigenvalue weighted by Gasteiger charge is 2.24. The summed E-state index contributed by atoms with van der Waals surface area (Å²) in [4.78, 5) is 19.8. The van der Waals surface area contributed by atoms with Crippen LogP contribution in [0.4, 0.5) is 0 Å². The Bertz CT molecular complexity index is 368. The summed E-state index contributed by atoms with van der Waals surface area (Å²) in [6.45, 7) is 3.58. The molecule has 2 heterocycles. The van der Waals surface area contributed by atoms with E-state index in [2.05, 4.69) is 27.5 Å². The van der Waals surface area contributed by atoms with Crippen LogP contribution in [0.5, 0.6) is 0 Å². The molecule has 1 aliphatic heterocycles. The number of piperidine rings is 1. The van der Waals surface area contributed by atoms with Crippen molar-refractivity contribution in [2.24, 2.45) is 5.92 Å². The smallest absolute Gasteiger partial charge is 0.237 e. The van der Waals surface area contributed by atoms with Crippen LogP contribution in [-0.2, 0) is 11.3 Å². The molecular weight excluding hydrogens is 216 g/mol. The van der Waals surface area contributed by atoms with Crippen molar-refractivity contribution in [2.75, 3.05) is 6.54 Å². The van der Waals surface area contributed by atoms with Gasteiger partial charge in [-0.2, -0.15) is 0 Å². The number of rotatable bonds is 3. The Morgan fingerprint density at radius 2 is 2.53 bits per heavy atom. The Kier molecular flexibility index (Phi) is 4.03. The minimum Gasteiger partial charge on any atom is -0.349 e. The van der Waals surface area contributed by atoms with Crippen LogP contribution in [0.1, 0.15) is 25.5 Å². The molecule has 2 N–H and O–H groups in total. The van der Waals surface area contributed by atoms with Gasteiger partial charge in [0, 0.05) is 6.20 Å². The minimum absolute atomic E-state index is 0.0550. The van der Waals surface area contributed by atoms with Crippen molar-refractivity contribution in [1.82, 2.24) is 20.6 Å². The van der Waals surface area contributed by atoms with Gasteiger partial charge in [-0.25, -0.2) is 9.97 Å². The summed E-state index contributed by atoms with van der Waals surface area (Å²) in [6.07, 6.45) is 5.23. The number of carbonyl (C=O) groups excluding carboxylic acids is 1. The lowest BCUT2D eigenvalue weighted by Gasteiger charge is -2.27. The molecule has 1 fully saturated rings. The largest absolute Gasteiger partial charge is 0.349 e. The zero-order valence-corrected chi connectivity index (χ0v) is 10.0. The Hall–Kier alpha value is -1.49. The van der Waals surface area contributed by atoms with E-state index in [9.17, 15) is 4.79 Å². The maximum atomic E-state index is 11.9. The Balaban J connectivity index is 1.81. The fourth-order valence-corrected chi connectivity index (χ4v) is 2.03. The summed E-state index contributed by atoms with van der Waals surface area (Å²) >= 11 is 0. The maximum absolute atomic E-state index is 11.9. The lowest BCUT2D eigenvalue weighted by atomic mass is 9.94. The molecule has 0 radical (unpaired) electrons. The first-order valence-electron chi connectivity index (χ1n) is 6.01. The fraction of sp³-hybridized carbons (Fsp3) is 0.583. The van der Waals surface area contributed by atoms with E-state index in [-0.39, 0.29) is 11.9 Å². The molecule has 17 heavy (non-hydrogen) atoms. The lowest BCUT2D eigenvalue weighted by molar-refractivity contribution is -0.124. The van der Waals surface area contributed by atoms with E-state index in [1.807, 2.05) is 0 Å². The number of aromatic nitrogens is 2. The van der Waals surface area contributed by atoms with Gasteiger partial charge in [0.15, 0.2) is 0 Å². The molecule has 1 aromatic heterocycles. The zero-order chi connectivity index (χ0) is 12.1. The van der Waals surface area contributed by atoms with Crippen LogP contribution < -0.4 is 10.6 Å². The Labute approximate surface area is 101 Å². The normalized spacial score (nSPS) is 24.3. The van der Waals surface area contributed by atoms with Crippen molar-refractivity contribution in [3.63, 3.8) is 0 Å². The molecule has 0 aliphatic carbocycles. The number of carbonyl (C=O) groups is 1. The molecule has 1 amide bonds. The molecule has 1 saturated heterocycles. The van der Waals surface area contributed by atoms with Crippen LogP contribution in [-0.4, -0.2) is 28.5 Å². The van der Waals surface area contributed by atoms with Crippen LogP contribution >= 0.6 is 0 Å². The SMILES string of the molecule is CC1CCNC(C(=O)NCc2ccncn2)C1. The van der Waals surface area contributed by atoms with E-state index < -0.39 is 0 Å². The van der Waals surface area contributed by atoms with E-state index >= 15 is 0 Å². The van der Waals surface area contributed by atoms with Gasteiger partial charge < -0.3 is 10.6 Å². The van der Waals surface area contributed by atoms with Crippen molar-refractivity contribution in [3.8, 4) is 0 Å². The van der Waals surface area contributed by atoms with Crippen molar-refractivity contribution >= 4 is 5.91 Å². The monoisotopic (exact) mass is 234 g/mol. The van der Waals surface area contributed by atoms with E-state index in [0.29, 0.717) is 12.5 Å². The summed E-state index contributed by atoms with van der Waals surface area (Å²) in [7, 11) is 0. The molecule has 2 unspecified atom stereocenters. The summed E-state index contributed by atoms with van der Waals surface area (Å²) in [6, 6.07) is 1.75. The minimum atomic E-state index is -0.0550. The predicted molar refractivity (Wildman–Crippen MR) is 64.1 cm³/mol. The summed E-state index contributed by atoms with van der Waals surface area (Å²) in [5.41, 5.74) is 0.831. The lowest BCUT2D eigenvalue weighted by Crippen LogP contribution is -2.48. The highest BCUT2D eigenvalue weighted by atomic mass is 16.2. The standard InChI is InChI=1S/C12H18N4O/c1-9-2-5-14-11(6-9)12(17)15-7-10-3-4-13-8-16-10/h3-4,8-9,11,14H,2,5-7H2,1H3,(H,15,17). The number of nitrogens with one attached hydrogen (secondary N) is 2. The van der Waals surface area contributed by atoms with E-state index in [0.717, 1.165) is 25.1 Å². The molecule has 0 saturated carbocycles. The zero-order valence-electron chi connectivity index (χ0n) is 10.0. The average molecular weight is 234 g/mol. The third kappa shape index (κ3) is 3.49. The first-order chi connectivity index (χ1) is 8.25. The van der Waals surface area contributed by atoms with Gasteiger partial charge in [0.2, 0.25) is 5.91 Å². The molecule has 5 nitrogen and oxygen atoms in total. The van der Waals surface area contributed by atoms with Gasteiger partial charge >= 0.3 is 0 Å². The molecule has 5 heteroatoms. The first kappa shape index (κ1) is 12.0. The molecule has 0 bridgehead atoms. The number of hydrogen-bond acceptors (Lipinski definition) is 4. The van der Waals surface area contributed by atoms with Gasteiger partial charge in [-0.1, -0.05) is 6.92 Å².